The number of amides is 1. The summed E-state index contributed by atoms with van der Waals surface area (Å²) in [7, 11) is 0. The first kappa shape index (κ1) is 17.6. The van der Waals surface area contributed by atoms with Gasteiger partial charge in [0.15, 0.2) is 0 Å². The fourth-order valence-electron chi connectivity index (χ4n) is 1.03. The van der Waals surface area contributed by atoms with Gasteiger partial charge in [-0.2, -0.15) is 0 Å². The molecule has 16 heavy (non-hydrogen) atoms. The number of nitrogens with one attached hydrogen (secondary N) is 1. The molecule has 0 bridgehead atoms. The summed E-state index contributed by atoms with van der Waals surface area (Å²) in [5, 5.41) is 2.96. The van der Waals surface area contributed by atoms with Crippen molar-refractivity contribution < 1.29 is 4.79 Å². The van der Waals surface area contributed by atoms with E-state index in [9.17, 15) is 4.79 Å². The van der Waals surface area contributed by atoms with Gasteiger partial charge in [0.25, 0.3) is 0 Å². The Bertz CT molecular complexity index is 191. The molecule has 0 heterocycles. The zero-order valence-corrected chi connectivity index (χ0v) is 11.9. The van der Waals surface area contributed by atoms with Crippen molar-refractivity contribution in [3.8, 4) is 0 Å². The molecule has 0 aromatic rings. The predicted molar refractivity (Wildman–Crippen MR) is 72.4 cm³/mol. The summed E-state index contributed by atoms with van der Waals surface area (Å²) in [6.45, 7) is 16.7. The molecular weight excluding hydrogens is 198 g/mol. The van der Waals surface area contributed by atoms with E-state index >= 15 is 0 Å². The van der Waals surface area contributed by atoms with E-state index in [1.54, 1.807) is 0 Å². The zero-order chi connectivity index (χ0) is 13.2. The SMILES string of the molecule is C=CCC[C@@H](C)C(=O)NCC(C)(C)C.CC. The highest BCUT2D eigenvalue weighted by Crippen LogP contribution is 2.12. The Hall–Kier alpha value is -0.790. The summed E-state index contributed by atoms with van der Waals surface area (Å²) >= 11 is 0. The largest absolute Gasteiger partial charge is 0.355 e. The van der Waals surface area contributed by atoms with Crippen molar-refractivity contribution in [3.63, 3.8) is 0 Å². The maximum Gasteiger partial charge on any atom is 0.222 e. The molecule has 0 aliphatic carbocycles. The van der Waals surface area contributed by atoms with Crippen molar-refractivity contribution in [1.82, 2.24) is 5.32 Å². The van der Waals surface area contributed by atoms with E-state index in [4.69, 9.17) is 0 Å². The molecule has 2 nitrogen and oxygen atoms in total. The van der Waals surface area contributed by atoms with Gasteiger partial charge in [-0.05, 0) is 18.3 Å². The van der Waals surface area contributed by atoms with Gasteiger partial charge in [0.1, 0.15) is 0 Å². The predicted octanol–water partition coefficient (Wildman–Crippen LogP) is 3.78. The van der Waals surface area contributed by atoms with Crippen LogP contribution in [0, 0.1) is 11.3 Å². The lowest BCUT2D eigenvalue weighted by molar-refractivity contribution is -0.125. The Morgan fingerprint density at radius 1 is 1.38 bits per heavy atom. The van der Waals surface area contributed by atoms with Crippen LogP contribution in [0.5, 0.6) is 0 Å². The molecule has 0 saturated heterocycles. The second-order valence-corrected chi connectivity index (χ2v) is 5.05. The van der Waals surface area contributed by atoms with E-state index in [1.807, 2.05) is 26.8 Å². The second kappa shape index (κ2) is 9.44. The molecule has 0 aromatic heterocycles. The summed E-state index contributed by atoms with van der Waals surface area (Å²) in [6, 6.07) is 0. The monoisotopic (exact) mass is 227 g/mol. The maximum atomic E-state index is 11.6. The maximum absolute atomic E-state index is 11.6. The summed E-state index contributed by atoms with van der Waals surface area (Å²) in [5.41, 5.74) is 0.161. The number of allylic oxidation sites excluding steroid dienone is 1. The zero-order valence-electron chi connectivity index (χ0n) is 11.9. The van der Waals surface area contributed by atoms with Gasteiger partial charge in [0.2, 0.25) is 5.91 Å². The van der Waals surface area contributed by atoms with Crippen LogP contribution in [-0.4, -0.2) is 12.5 Å². The molecule has 0 aliphatic heterocycles. The van der Waals surface area contributed by atoms with Crippen LogP contribution < -0.4 is 5.32 Å². The Morgan fingerprint density at radius 2 is 1.88 bits per heavy atom. The highest BCUT2D eigenvalue weighted by Gasteiger charge is 2.15. The van der Waals surface area contributed by atoms with Gasteiger partial charge in [-0.15, -0.1) is 6.58 Å². The first-order valence-corrected chi connectivity index (χ1v) is 6.25. The number of hydrogen-bond acceptors (Lipinski definition) is 1. The first-order chi connectivity index (χ1) is 7.37. The Balaban J connectivity index is 0. The summed E-state index contributed by atoms with van der Waals surface area (Å²) in [5.74, 6) is 0.247. The Labute approximate surface area is 102 Å². The highest BCUT2D eigenvalue weighted by atomic mass is 16.1. The van der Waals surface area contributed by atoms with Crippen molar-refractivity contribution in [2.75, 3.05) is 6.54 Å². The van der Waals surface area contributed by atoms with Crippen LogP contribution in [0.4, 0.5) is 0 Å². The van der Waals surface area contributed by atoms with Crippen LogP contribution >= 0.6 is 0 Å². The molecule has 0 rings (SSSR count). The van der Waals surface area contributed by atoms with Crippen molar-refractivity contribution in [3.05, 3.63) is 12.7 Å². The second-order valence-electron chi connectivity index (χ2n) is 5.05. The Kier molecular flexibility index (Phi) is 10.4. The number of hydrogen-bond donors (Lipinski definition) is 1. The van der Waals surface area contributed by atoms with Crippen molar-refractivity contribution in [1.29, 1.82) is 0 Å². The normalized spacial score (nSPS) is 12.1. The molecule has 96 valence electrons. The fourth-order valence-corrected chi connectivity index (χ4v) is 1.03. The van der Waals surface area contributed by atoms with Crippen molar-refractivity contribution >= 4 is 5.91 Å². The third kappa shape index (κ3) is 11.3. The van der Waals surface area contributed by atoms with E-state index < -0.39 is 0 Å². The minimum atomic E-state index is 0.0929. The van der Waals surface area contributed by atoms with Crippen LogP contribution in [-0.2, 0) is 4.79 Å². The summed E-state index contributed by atoms with van der Waals surface area (Å²) in [4.78, 5) is 11.6. The molecule has 0 spiro atoms. The lowest BCUT2D eigenvalue weighted by Crippen LogP contribution is -2.35. The minimum absolute atomic E-state index is 0.0929. The number of carbonyl (C=O) groups excluding carboxylic acids is 1. The lowest BCUT2D eigenvalue weighted by atomic mass is 9.96. The van der Waals surface area contributed by atoms with Crippen LogP contribution in [0.2, 0.25) is 0 Å². The third-order valence-corrected chi connectivity index (χ3v) is 2.04. The standard InChI is InChI=1S/C12H23NO.C2H6/c1-6-7-8-10(2)11(14)13-9-12(3,4)5;1-2/h6,10H,1,7-9H2,2-5H3,(H,13,14);1-2H3/t10-;/m1./s1. The molecule has 1 amide bonds. The van der Waals surface area contributed by atoms with Gasteiger partial charge in [0.05, 0.1) is 0 Å². The number of rotatable bonds is 5. The first-order valence-electron chi connectivity index (χ1n) is 6.25. The van der Waals surface area contributed by atoms with Gasteiger partial charge in [-0.1, -0.05) is 47.6 Å². The van der Waals surface area contributed by atoms with Crippen LogP contribution in [0.3, 0.4) is 0 Å². The quantitative estimate of drug-likeness (QED) is 0.712. The molecule has 1 atom stereocenters. The average molecular weight is 227 g/mol. The smallest absolute Gasteiger partial charge is 0.222 e. The third-order valence-electron chi connectivity index (χ3n) is 2.04. The lowest BCUT2D eigenvalue weighted by Gasteiger charge is -2.20. The molecule has 0 fully saturated rings. The summed E-state index contributed by atoms with van der Waals surface area (Å²) in [6.07, 6.45) is 3.65. The average Bonchev–Trinajstić information content (AvgIpc) is 2.24. The molecule has 0 aromatic carbocycles. The van der Waals surface area contributed by atoms with Crippen LogP contribution in [0.25, 0.3) is 0 Å². The van der Waals surface area contributed by atoms with Crippen LogP contribution in [0.1, 0.15) is 54.4 Å². The van der Waals surface area contributed by atoms with E-state index in [-0.39, 0.29) is 17.2 Å². The van der Waals surface area contributed by atoms with Crippen LogP contribution in [0.15, 0.2) is 12.7 Å². The molecule has 0 radical (unpaired) electrons. The topological polar surface area (TPSA) is 29.1 Å². The fraction of sp³-hybridized carbons (Fsp3) is 0.786. The molecule has 0 saturated carbocycles. The van der Waals surface area contributed by atoms with E-state index in [0.29, 0.717) is 0 Å². The summed E-state index contributed by atoms with van der Waals surface area (Å²) < 4.78 is 0. The molecule has 0 unspecified atom stereocenters. The van der Waals surface area contributed by atoms with Gasteiger partial charge in [-0.3, -0.25) is 4.79 Å². The van der Waals surface area contributed by atoms with Crippen molar-refractivity contribution in [2.45, 2.75) is 54.4 Å². The van der Waals surface area contributed by atoms with Gasteiger partial charge in [-0.25, -0.2) is 0 Å². The molecular formula is C14H29NO. The molecule has 2 heteroatoms. The van der Waals surface area contributed by atoms with Crippen molar-refractivity contribution in [2.24, 2.45) is 11.3 Å². The van der Waals surface area contributed by atoms with E-state index in [1.165, 1.54) is 0 Å². The van der Waals surface area contributed by atoms with E-state index in [2.05, 4.69) is 32.7 Å². The van der Waals surface area contributed by atoms with E-state index in [0.717, 1.165) is 19.4 Å². The molecule has 0 aliphatic rings. The van der Waals surface area contributed by atoms with Gasteiger partial charge < -0.3 is 5.32 Å². The highest BCUT2D eigenvalue weighted by molar-refractivity contribution is 5.78. The van der Waals surface area contributed by atoms with Gasteiger partial charge in [0, 0.05) is 12.5 Å². The number of carbonyl (C=O) groups is 1. The minimum Gasteiger partial charge on any atom is -0.355 e. The molecule has 1 N–H and O–H groups in total. The Morgan fingerprint density at radius 3 is 2.25 bits per heavy atom. The van der Waals surface area contributed by atoms with Gasteiger partial charge >= 0.3 is 0 Å².